The minimum Gasteiger partial charge on any atom is -0.508 e. The molecule has 1 saturated heterocycles. The molecule has 1 unspecified atom stereocenters. The van der Waals surface area contributed by atoms with Crippen molar-refractivity contribution in [2.45, 2.75) is 38.6 Å². The topological polar surface area (TPSA) is 67.6 Å². The first-order valence-corrected chi connectivity index (χ1v) is 10.0. The molecule has 2 aliphatic heterocycles. The summed E-state index contributed by atoms with van der Waals surface area (Å²) < 4.78 is 7.69. The number of aromatic hydroxyl groups is 1. The number of hydrogen-bond acceptors (Lipinski definition) is 4. The van der Waals surface area contributed by atoms with Crippen molar-refractivity contribution < 1.29 is 14.6 Å². The van der Waals surface area contributed by atoms with Gasteiger partial charge in [-0.3, -0.25) is 4.79 Å². The van der Waals surface area contributed by atoms with Crippen LogP contribution < -0.4 is 0 Å². The Bertz CT molecular complexity index is 1050. The number of carbonyl (C=O) groups is 1. The first-order chi connectivity index (χ1) is 14.2. The normalized spacial score (nSPS) is 18.8. The zero-order valence-corrected chi connectivity index (χ0v) is 16.1. The molecule has 29 heavy (non-hydrogen) atoms. The number of phenols is 1. The van der Waals surface area contributed by atoms with Crippen molar-refractivity contribution >= 4 is 5.91 Å². The highest BCUT2D eigenvalue weighted by molar-refractivity contribution is 5.99. The maximum Gasteiger partial charge on any atom is 0.254 e. The Morgan fingerprint density at radius 3 is 2.90 bits per heavy atom. The van der Waals surface area contributed by atoms with E-state index < -0.39 is 0 Å². The number of aromatic nitrogens is 2. The SMILES string of the molecule is O=C1c2cc(-c3cnn(C4CCCCO4)c3)ccc2CN1Cc1cccc(O)c1. The van der Waals surface area contributed by atoms with Gasteiger partial charge in [0, 0.05) is 37.0 Å². The van der Waals surface area contributed by atoms with Gasteiger partial charge in [-0.05, 0) is 54.2 Å². The fourth-order valence-electron chi connectivity index (χ4n) is 4.12. The molecular formula is C23H23N3O3. The van der Waals surface area contributed by atoms with E-state index in [1.54, 1.807) is 18.2 Å². The minimum absolute atomic E-state index is 0.00587. The van der Waals surface area contributed by atoms with Crippen LogP contribution in [0.25, 0.3) is 11.1 Å². The van der Waals surface area contributed by atoms with Gasteiger partial charge in [0.2, 0.25) is 0 Å². The summed E-state index contributed by atoms with van der Waals surface area (Å²) in [5.41, 5.74) is 4.66. The molecule has 1 atom stereocenters. The number of nitrogens with zero attached hydrogens (tertiary/aromatic N) is 3. The van der Waals surface area contributed by atoms with Crippen molar-refractivity contribution in [2.75, 3.05) is 6.61 Å². The van der Waals surface area contributed by atoms with Crippen LogP contribution in [-0.4, -0.2) is 32.3 Å². The molecule has 6 heteroatoms. The standard InChI is InChI=1S/C23H23N3O3/c27-20-5-3-4-16(10-20)13-25-14-18-8-7-17(11-21(18)23(25)28)19-12-24-26(15-19)22-6-1-2-9-29-22/h3-5,7-8,10-12,15,22,27H,1-2,6,9,13-14H2. The van der Waals surface area contributed by atoms with Crippen molar-refractivity contribution in [2.24, 2.45) is 0 Å². The predicted molar refractivity (Wildman–Crippen MR) is 108 cm³/mol. The molecule has 0 saturated carbocycles. The highest BCUT2D eigenvalue weighted by atomic mass is 16.5. The monoisotopic (exact) mass is 389 g/mol. The summed E-state index contributed by atoms with van der Waals surface area (Å²) in [6.45, 7) is 1.84. The van der Waals surface area contributed by atoms with Crippen LogP contribution in [0.5, 0.6) is 5.75 Å². The Labute approximate surface area is 169 Å². The van der Waals surface area contributed by atoms with Crippen molar-refractivity contribution in [3.8, 4) is 16.9 Å². The lowest BCUT2D eigenvalue weighted by Gasteiger charge is -2.22. The Kier molecular flexibility index (Phi) is 4.56. The van der Waals surface area contributed by atoms with Crippen molar-refractivity contribution in [3.05, 3.63) is 71.5 Å². The molecule has 3 heterocycles. The second-order valence-electron chi connectivity index (χ2n) is 7.73. The molecule has 1 aromatic heterocycles. The molecule has 5 rings (SSSR count). The number of amides is 1. The van der Waals surface area contributed by atoms with Crippen LogP contribution in [0.1, 0.15) is 47.0 Å². The van der Waals surface area contributed by atoms with Gasteiger partial charge in [-0.25, -0.2) is 4.68 Å². The third-order valence-corrected chi connectivity index (χ3v) is 5.66. The lowest BCUT2D eigenvalue weighted by atomic mass is 10.0. The number of phenolic OH excluding ortho intramolecular Hbond substituents is 1. The molecule has 0 radical (unpaired) electrons. The van der Waals surface area contributed by atoms with Crippen LogP contribution in [0.2, 0.25) is 0 Å². The third kappa shape index (κ3) is 3.51. The predicted octanol–water partition coefficient (Wildman–Crippen LogP) is 4.11. The molecule has 2 aliphatic rings. The van der Waals surface area contributed by atoms with E-state index in [1.165, 1.54) is 0 Å². The Balaban J connectivity index is 1.36. The summed E-state index contributed by atoms with van der Waals surface area (Å²) in [7, 11) is 0. The highest BCUT2D eigenvalue weighted by Gasteiger charge is 2.28. The van der Waals surface area contributed by atoms with Crippen molar-refractivity contribution in [3.63, 3.8) is 0 Å². The molecule has 2 aromatic carbocycles. The van der Waals surface area contributed by atoms with Gasteiger partial charge >= 0.3 is 0 Å². The highest BCUT2D eigenvalue weighted by Crippen LogP contribution is 2.31. The first kappa shape index (κ1) is 17.9. The van der Waals surface area contributed by atoms with Gasteiger partial charge in [0.1, 0.15) is 12.0 Å². The van der Waals surface area contributed by atoms with Gasteiger partial charge in [-0.1, -0.05) is 24.3 Å². The first-order valence-electron chi connectivity index (χ1n) is 10.0. The molecule has 148 valence electrons. The summed E-state index contributed by atoms with van der Waals surface area (Å²) >= 11 is 0. The van der Waals surface area contributed by atoms with Crippen LogP contribution in [0.3, 0.4) is 0 Å². The van der Waals surface area contributed by atoms with Crippen LogP contribution in [0.4, 0.5) is 0 Å². The third-order valence-electron chi connectivity index (χ3n) is 5.66. The Hall–Kier alpha value is -3.12. The smallest absolute Gasteiger partial charge is 0.254 e. The molecule has 0 aliphatic carbocycles. The molecule has 1 amide bonds. The molecule has 0 bridgehead atoms. The van der Waals surface area contributed by atoms with Crippen LogP contribution in [0, 0.1) is 0 Å². The van der Waals surface area contributed by atoms with Gasteiger partial charge in [0.15, 0.2) is 0 Å². The van der Waals surface area contributed by atoms with Gasteiger partial charge in [-0.2, -0.15) is 5.10 Å². The lowest BCUT2D eigenvalue weighted by molar-refractivity contribution is -0.0394. The fraction of sp³-hybridized carbons (Fsp3) is 0.304. The van der Waals surface area contributed by atoms with E-state index in [0.717, 1.165) is 53.7 Å². The maximum atomic E-state index is 12.9. The van der Waals surface area contributed by atoms with Gasteiger partial charge < -0.3 is 14.7 Å². The number of fused-ring (bicyclic) bond motifs is 1. The fourth-order valence-corrected chi connectivity index (χ4v) is 4.12. The Morgan fingerprint density at radius 2 is 2.07 bits per heavy atom. The lowest BCUT2D eigenvalue weighted by Crippen LogP contribution is -2.23. The van der Waals surface area contributed by atoms with Crippen LogP contribution in [0.15, 0.2) is 54.9 Å². The van der Waals surface area contributed by atoms with E-state index in [9.17, 15) is 9.90 Å². The van der Waals surface area contributed by atoms with E-state index in [0.29, 0.717) is 13.1 Å². The molecule has 6 nitrogen and oxygen atoms in total. The molecule has 1 fully saturated rings. The van der Waals surface area contributed by atoms with E-state index >= 15 is 0 Å². The second kappa shape index (κ2) is 7.37. The number of rotatable bonds is 4. The van der Waals surface area contributed by atoms with E-state index in [-0.39, 0.29) is 17.9 Å². The minimum atomic E-state index is 0.00587. The molecule has 3 aromatic rings. The summed E-state index contributed by atoms with van der Waals surface area (Å²) in [6, 6.07) is 13.1. The van der Waals surface area contributed by atoms with Gasteiger partial charge in [-0.15, -0.1) is 0 Å². The van der Waals surface area contributed by atoms with Crippen molar-refractivity contribution in [1.82, 2.24) is 14.7 Å². The van der Waals surface area contributed by atoms with E-state index in [1.807, 2.05) is 46.2 Å². The average molecular weight is 389 g/mol. The van der Waals surface area contributed by atoms with Crippen molar-refractivity contribution in [1.29, 1.82) is 0 Å². The summed E-state index contributed by atoms with van der Waals surface area (Å²) in [5, 5.41) is 14.1. The summed E-state index contributed by atoms with van der Waals surface area (Å²) in [4.78, 5) is 14.8. The van der Waals surface area contributed by atoms with Gasteiger partial charge in [0.05, 0.1) is 6.20 Å². The number of benzene rings is 2. The molecular weight excluding hydrogens is 366 g/mol. The number of hydrogen-bond donors (Lipinski definition) is 1. The van der Waals surface area contributed by atoms with Crippen LogP contribution in [-0.2, 0) is 17.8 Å². The van der Waals surface area contributed by atoms with E-state index in [4.69, 9.17) is 4.74 Å². The zero-order chi connectivity index (χ0) is 19.8. The van der Waals surface area contributed by atoms with Gasteiger partial charge in [0.25, 0.3) is 5.91 Å². The Morgan fingerprint density at radius 1 is 1.14 bits per heavy atom. The summed E-state index contributed by atoms with van der Waals surface area (Å²) in [5.74, 6) is 0.237. The number of ether oxygens (including phenoxy) is 1. The second-order valence-corrected chi connectivity index (χ2v) is 7.73. The average Bonchev–Trinajstić information content (AvgIpc) is 3.34. The molecule has 0 spiro atoms. The zero-order valence-electron chi connectivity index (χ0n) is 16.1. The summed E-state index contributed by atoms with van der Waals surface area (Å²) in [6.07, 6.45) is 7.09. The van der Waals surface area contributed by atoms with Crippen LogP contribution >= 0.6 is 0 Å². The quantitative estimate of drug-likeness (QED) is 0.729. The molecule has 1 N–H and O–H groups in total. The number of carbonyl (C=O) groups excluding carboxylic acids is 1. The largest absolute Gasteiger partial charge is 0.508 e. The van der Waals surface area contributed by atoms with E-state index in [2.05, 4.69) is 5.10 Å². The maximum absolute atomic E-state index is 12.9.